The summed E-state index contributed by atoms with van der Waals surface area (Å²) in [6.07, 6.45) is 0. The predicted molar refractivity (Wildman–Crippen MR) is 6.44 cm³/mol. The quantitative estimate of drug-likeness (QED) is 0.432. The Bertz CT molecular complexity index is 8.00. The van der Waals surface area contributed by atoms with Gasteiger partial charge in [-0.2, -0.15) is 0 Å². The molecular weight excluding hydrogens is 157 g/mol. The van der Waals surface area contributed by atoms with Crippen LogP contribution in [-0.4, -0.2) is 29.6 Å². The van der Waals surface area contributed by atoms with E-state index in [0.717, 1.165) is 0 Å². The third-order valence-corrected chi connectivity index (χ3v) is 0. The van der Waals surface area contributed by atoms with E-state index in [1.165, 1.54) is 0 Å². The molecule has 26 valence electrons. The fourth-order valence-corrected chi connectivity index (χ4v) is 0. The first-order valence-corrected chi connectivity index (χ1v) is 0.561. The van der Waals surface area contributed by atoms with Gasteiger partial charge in [-0.25, -0.2) is 0 Å². The number of hydrogen-bond donors (Lipinski definition) is 0. The van der Waals surface area contributed by atoms with E-state index in [4.69, 9.17) is 3.87 Å². The SMILES string of the molecule is [Na].[Ni].[O]=[Co]. The van der Waals surface area contributed by atoms with Gasteiger partial charge < -0.3 is 0 Å². The minimum absolute atomic E-state index is 0. The van der Waals surface area contributed by atoms with E-state index in [1.807, 2.05) is 0 Å². The van der Waals surface area contributed by atoms with E-state index < -0.39 is 0 Å². The first-order valence-electron chi connectivity index (χ1n) is 0.136. The summed E-state index contributed by atoms with van der Waals surface area (Å²) >= 11 is 2.31. The molecule has 4 heavy (non-hydrogen) atoms. The Hall–Kier alpha value is 1.80. The summed E-state index contributed by atoms with van der Waals surface area (Å²) in [7, 11) is 0. The van der Waals surface area contributed by atoms with Crippen molar-refractivity contribution in [2.75, 3.05) is 0 Å². The minimum atomic E-state index is 0. The van der Waals surface area contributed by atoms with Gasteiger partial charge in [0, 0.05) is 46.0 Å². The van der Waals surface area contributed by atoms with Crippen LogP contribution >= 0.6 is 0 Å². The normalized spacial score (nSPS) is 1.25. The average molecular weight is 157 g/mol. The van der Waals surface area contributed by atoms with Gasteiger partial charge in [-0.15, -0.1) is 0 Å². The fraction of sp³-hybridized carbons (Fsp3) is 0. The third-order valence-electron chi connectivity index (χ3n) is 0. The fourth-order valence-electron chi connectivity index (χ4n) is 0. The number of rotatable bonds is 0. The Morgan fingerprint density at radius 3 is 1.25 bits per heavy atom. The van der Waals surface area contributed by atoms with Crippen molar-refractivity contribution < 1.29 is 36.0 Å². The average Bonchev–Trinajstić information content (AvgIpc) is 1.00. The molecule has 0 aromatic rings. The molecule has 0 atom stereocenters. The Kier molecular flexibility index (Phi) is 91.2. The molecule has 4 heteroatoms. The van der Waals surface area contributed by atoms with Crippen molar-refractivity contribution in [1.29, 1.82) is 0 Å². The van der Waals surface area contributed by atoms with Crippen LogP contribution < -0.4 is 0 Å². The summed E-state index contributed by atoms with van der Waals surface area (Å²) in [6, 6.07) is 0. The molecule has 1 radical (unpaired) electrons. The van der Waals surface area contributed by atoms with Gasteiger partial charge in [0.05, 0.1) is 0 Å². The van der Waals surface area contributed by atoms with Crippen LogP contribution in [0.3, 0.4) is 0 Å². The second-order valence-corrected chi connectivity index (χ2v) is 0. The molecule has 0 aliphatic heterocycles. The molecule has 0 saturated heterocycles. The van der Waals surface area contributed by atoms with Gasteiger partial charge in [0.15, 0.2) is 0 Å². The Balaban J connectivity index is -0.00000000500. The van der Waals surface area contributed by atoms with E-state index in [9.17, 15) is 0 Å². The second-order valence-electron chi connectivity index (χ2n) is 0. The Morgan fingerprint density at radius 2 is 1.25 bits per heavy atom. The molecule has 0 N–H and O–H groups in total. The van der Waals surface area contributed by atoms with E-state index in [0.29, 0.717) is 0 Å². The van der Waals surface area contributed by atoms with Crippen molar-refractivity contribution in [3.8, 4) is 0 Å². The van der Waals surface area contributed by atoms with Gasteiger partial charge in [-0.1, -0.05) is 0 Å². The van der Waals surface area contributed by atoms with Crippen LogP contribution in [-0.2, 0) is 36.0 Å². The molecule has 0 aromatic carbocycles. The maximum atomic E-state index is 7.94. The predicted octanol–water partition coefficient (Wildman–Crippen LogP) is -0.505. The van der Waals surface area contributed by atoms with E-state index in [2.05, 4.69) is 15.7 Å². The van der Waals surface area contributed by atoms with Gasteiger partial charge >= 0.3 is 19.5 Å². The Morgan fingerprint density at radius 1 is 1.25 bits per heavy atom. The van der Waals surface area contributed by atoms with Crippen molar-refractivity contribution in [2.45, 2.75) is 0 Å². The van der Waals surface area contributed by atoms with Crippen LogP contribution in [0.4, 0.5) is 0 Å². The molecule has 0 amide bonds. The second kappa shape index (κ2) is 21.4. The summed E-state index contributed by atoms with van der Waals surface area (Å²) in [4.78, 5) is 0. The molecule has 0 rings (SSSR count). The zero-order valence-corrected chi connectivity index (χ0v) is 6.09. The van der Waals surface area contributed by atoms with Gasteiger partial charge in [0.1, 0.15) is 0 Å². The third kappa shape index (κ3) is 9.20. The van der Waals surface area contributed by atoms with Gasteiger partial charge in [0.25, 0.3) is 0 Å². The van der Waals surface area contributed by atoms with Crippen LogP contribution in [0, 0.1) is 0 Å². The van der Waals surface area contributed by atoms with Crippen LogP contribution in [0.2, 0.25) is 0 Å². The summed E-state index contributed by atoms with van der Waals surface area (Å²) < 4.78 is 7.94. The summed E-state index contributed by atoms with van der Waals surface area (Å²) in [5.41, 5.74) is 0. The molecule has 0 saturated carbocycles. The maximum absolute atomic E-state index is 7.94. The standard InChI is InChI=1S/Co.Na.Ni.O. The van der Waals surface area contributed by atoms with E-state index in [-0.39, 0.29) is 46.0 Å². The van der Waals surface area contributed by atoms with Crippen molar-refractivity contribution in [1.82, 2.24) is 0 Å². The van der Waals surface area contributed by atoms with Gasteiger partial charge in [-0.3, -0.25) is 0 Å². The molecule has 0 bridgehead atoms. The van der Waals surface area contributed by atoms with Crippen molar-refractivity contribution in [3.63, 3.8) is 0 Å². The molecule has 0 aliphatic rings. The first kappa shape index (κ1) is 17.0. The van der Waals surface area contributed by atoms with Crippen LogP contribution in [0.25, 0.3) is 0 Å². The van der Waals surface area contributed by atoms with E-state index in [1.54, 1.807) is 0 Å². The van der Waals surface area contributed by atoms with Gasteiger partial charge in [0.2, 0.25) is 0 Å². The first-order chi connectivity index (χ1) is 1.00. The van der Waals surface area contributed by atoms with Crippen molar-refractivity contribution in [3.05, 3.63) is 0 Å². The zero-order chi connectivity index (χ0) is 2.00. The van der Waals surface area contributed by atoms with Gasteiger partial charge in [-0.05, 0) is 0 Å². The van der Waals surface area contributed by atoms with Crippen LogP contribution in [0.5, 0.6) is 0 Å². The molecule has 0 unspecified atom stereocenters. The van der Waals surface area contributed by atoms with E-state index >= 15 is 0 Å². The summed E-state index contributed by atoms with van der Waals surface area (Å²) in [5.74, 6) is 0. The molecule has 1 nitrogen and oxygen atoms in total. The summed E-state index contributed by atoms with van der Waals surface area (Å²) in [6.45, 7) is 0. The van der Waals surface area contributed by atoms with Crippen molar-refractivity contribution in [2.24, 2.45) is 0 Å². The van der Waals surface area contributed by atoms with Crippen LogP contribution in [0.1, 0.15) is 0 Å². The molecule has 0 spiro atoms. The topological polar surface area (TPSA) is 17.1 Å². The molecular formula is CoNaNiO. The zero-order valence-electron chi connectivity index (χ0n) is 2.06. The molecule has 0 heterocycles. The monoisotopic (exact) mass is 156 g/mol. The van der Waals surface area contributed by atoms with Crippen LogP contribution in [0.15, 0.2) is 0 Å². The molecule has 0 aliphatic carbocycles. The number of hydrogen-bond acceptors (Lipinski definition) is 1. The summed E-state index contributed by atoms with van der Waals surface area (Å²) in [5, 5.41) is 0. The van der Waals surface area contributed by atoms with Crippen molar-refractivity contribution >= 4 is 29.6 Å². The molecule has 0 fully saturated rings. The Labute approximate surface area is 64.9 Å². The molecule has 0 aromatic heterocycles.